The maximum atomic E-state index is 13.2. The van der Waals surface area contributed by atoms with Crippen LogP contribution in [0.3, 0.4) is 0 Å². The molecule has 1 heterocycles. The molecular weight excluding hydrogens is 562 g/mol. The van der Waals surface area contributed by atoms with E-state index in [1.54, 1.807) is 27.7 Å². The van der Waals surface area contributed by atoms with Gasteiger partial charge in [0.15, 0.2) is 0 Å². The SMILES string of the molecule is CN(c1cc(COC(=O)[C@](C)(Cc2cccc(Br)c2)NC(=O)OC(C)(C)C)cc(Cl)n1)S(C)(=O)=O. The molecule has 12 heteroatoms. The quantitative estimate of drug-likeness (QED) is 0.356. The lowest BCUT2D eigenvalue weighted by Gasteiger charge is -2.30. The molecule has 0 fully saturated rings. The zero-order valence-corrected chi connectivity index (χ0v) is 23.5. The van der Waals surface area contributed by atoms with Gasteiger partial charge in [-0.2, -0.15) is 0 Å². The number of aromatic nitrogens is 1. The molecule has 35 heavy (non-hydrogen) atoms. The van der Waals surface area contributed by atoms with Crippen LogP contribution in [0.2, 0.25) is 5.15 Å². The molecular formula is C23H29BrClN3O6S. The summed E-state index contributed by atoms with van der Waals surface area (Å²) in [6, 6.07) is 10.2. The molecule has 9 nitrogen and oxygen atoms in total. The van der Waals surface area contributed by atoms with Gasteiger partial charge in [-0.3, -0.25) is 4.31 Å². The highest BCUT2D eigenvalue weighted by atomic mass is 79.9. The van der Waals surface area contributed by atoms with Crippen molar-refractivity contribution in [2.24, 2.45) is 0 Å². The minimum atomic E-state index is -3.57. The van der Waals surface area contributed by atoms with Gasteiger partial charge in [0.25, 0.3) is 0 Å². The second-order valence-electron chi connectivity index (χ2n) is 9.23. The fourth-order valence-electron chi connectivity index (χ4n) is 3.01. The minimum absolute atomic E-state index is 0.0350. The number of ether oxygens (including phenoxy) is 2. The third-order valence-electron chi connectivity index (χ3n) is 4.70. The Kier molecular flexibility index (Phi) is 9.18. The van der Waals surface area contributed by atoms with Crippen LogP contribution in [-0.2, 0) is 37.3 Å². The highest BCUT2D eigenvalue weighted by molar-refractivity contribution is 9.10. The van der Waals surface area contributed by atoms with Crippen LogP contribution in [0.1, 0.15) is 38.8 Å². The molecule has 0 radical (unpaired) electrons. The van der Waals surface area contributed by atoms with Crippen LogP contribution in [0.4, 0.5) is 10.6 Å². The monoisotopic (exact) mass is 589 g/mol. The zero-order valence-electron chi connectivity index (χ0n) is 20.4. The van der Waals surface area contributed by atoms with Crippen LogP contribution in [0.25, 0.3) is 0 Å². The molecule has 2 rings (SSSR count). The predicted molar refractivity (Wildman–Crippen MR) is 138 cm³/mol. The highest BCUT2D eigenvalue weighted by Crippen LogP contribution is 2.23. The maximum absolute atomic E-state index is 13.2. The Balaban J connectivity index is 2.28. The van der Waals surface area contributed by atoms with Gasteiger partial charge in [0.05, 0.1) is 6.26 Å². The lowest BCUT2D eigenvalue weighted by Crippen LogP contribution is -2.55. The topological polar surface area (TPSA) is 115 Å². The number of nitrogens with zero attached hydrogens (tertiary/aromatic N) is 2. The first-order chi connectivity index (χ1) is 16.0. The number of carbonyl (C=O) groups is 2. The third-order valence-corrected chi connectivity index (χ3v) is 6.57. The van der Waals surface area contributed by atoms with Gasteiger partial charge >= 0.3 is 12.1 Å². The second-order valence-corrected chi connectivity index (χ2v) is 12.5. The van der Waals surface area contributed by atoms with Crippen molar-refractivity contribution in [3.63, 3.8) is 0 Å². The number of pyridine rings is 1. The Morgan fingerprint density at radius 2 is 1.80 bits per heavy atom. The summed E-state index contributed by atoms with van der Waals surface area (Å²) < 4.78 is 36.4. The van der Waals surface area contributed by atoms with Crippen molar-refractivity contribution in [1.29, 1.82) is 0 Å². The predicted octanol–water partition coefficient (Wildman–Crippen LogP) is 4.46. The Morgan fingerprint density at radius 1 is 1.14 bits per heavy atom. The van der Waals surface area contributed by atoms with Crippen molar-refractivity contribution >= 4 is 55.4 Å². The van der Waals surface area contributed by atoms with E-state index in [-0.39, 0.29) is 24.0 Å². The average Bonchev–Trinajstić information content (AvgIpc) is 2.68. The van der Waals surface area contributed by atoms with Crippen LogP contribution >= 0.6 is 27.5 Å². The Bertz CT molecular complexity index is 1200. The van der Waals surface area contributed by atoms with Gasteiger partial charge in [0, 0.05) is 17.9 Å². The van der Waals surface area contributed by atoms with E-state index in [4.69, 9.17) is 21.1 Å². The van der Waals surface area contributed by atoms with Gasteiger partial charge < -0.3 is 14.8 Å². The average molecular weight is 591 g/mol. The molecule has 192 valence electrons. The number of hydrogen-bond acceptors (Lipinski definition) is 7. The Hall–Kier alpha value is -2.37. The third kappa shape index (κ3) is 8.97. The summed E-state index contributed by atoms with van der Waals surface area (Å²) in [5.74, 6) is -0.635. The molecule has 1 N–H and O–H groups in total. The fraction of sp³-hybridized carbons (Fsp3) is 0.435. The number of benzene rings is 1. The summed E-state index contributed by atoms with van der Waals surface area (Å²) >= 11 is 9.46. The van der Waals surface area contributed by atoms with Crippen LogP contribution in [0.15, 0.2) is 40.9 Å². The van der Waals surface area contributed by atoms with E-state index in [2.05, 4.69) is 26.2 Å². The molecule has 0 aliphatic carbocycles. The van der Waals surface area contributed by atoms with E-state index in [9.17, 15) is 18.0 Å². The summed E-state index contributed by atoms with van der Waals surface area (Å²) in [5.41, 5.74) is -1.03. The van der Waals surface area contributed by atoms with Gasteiger partial charge in [0.2, 0.25) is 10.0 Å². The van der Waals surface area contributed by atoms with Crippen LogP contribution in [0, 0.1) is 0 Å². The molecule has 0 saturated carbocycles. The molecule has 0 bridgehead atoms. The highest BCUT2D eigenvalue weighted by Gasteiger charge is 2.38. The van der Waals surface area contributed by atoms with Gasteiger partial charge in [-0.15, -0.1) is 0 Å². The summed E-state index contributed by atoms with van der Waals surface area (Å²) in [6.07, 6.45) is 0.394. The number of esters is 1. The Morgan fingerprint density at radius 3 is 2.37 bits per heavy atom. The van der Waals surface area contributed by atoms with Gasteiger partial charge in [0.1, 0.15) is 28.7 Å². The second kappa shape index (κ2) is 11.1. The van der Waals surface area contributed by atoms with E-state index in [0.717, 1.165) is 20.6 Å². The number of anilines is 1. The van der Waals surface area contributed by atoms with Crippen molar-refractivity contribution < 1.29 is 27.5 Å². The minimum Gasteiger partial charge on any atom is -0.459 e. The number of sulfonamides is 1. The first-order valence-corrected chi connectivity index (χ1v) is 13.5. The summed E-state index contributed by atoms with van der Waals surface area (Å²) in [7, 11) is -2.23. The molecule has 1 aromatic heterocycles. The van der Waals surface area contributed by atoms with Gasteiger partial charge in [-0.05, 0) is 63.1 Å². The Labute approximate surface area is 219 Å². The van der Waals surface area contributed by atoms with E-state index >= 15 is 0 Å². The van der Waals surface area contributed by atoms with E-state index in [1.165, 1.54) is 19.2 Å². The number of amides is 1. The fourth-order valence-corrected chi connectivity index (χ4v) is 4.12. The first kappa shape index (κ1) is 28.9. The first-order valence-electron chi connectivity index (χ1n) is 10.5. The summed E-state index contributed by atoms with van der Waals surface area (Å²) in [6.45, 7) is 6.47. The lowest BCUT2D eigenvalue weighted by atomic mass is 9.93. The number of rotatable bonds is 8. The molecule has 1 aromatic carbocycles. The molecule has 1 atom stereocenters. The van der Waals surface area contributed by atoms with Gasteiger partial charge in [-0.1, -0.05) is 39.7 Å². The van der Waals surface area contributed by atoms with Crippen molar-refractivity contribution in [2.75, 3.05) is 17.6 Å². The zero-order chi connectivity index (χ0) is 26.6. The number of alkyl carbamates (subject to hydrolysis) is 1. The number of carbonyl (C=O) groups excluding carboxylic acids is 2. The largest absolute Gasteiger partial charge is 0.459 e. The van der Waals surface area contributed by atoms with Crippen LogP contribution < -0.4 is 9.62 Å². The van der Waals surface area contributed by atoms with Crippen molar-refractivity contribution in [3.8, 4) is 0 Å². The number of halogens is 2. The van der Waals surface area contributed by atoms with Crippen molar-refractivity contribution in [1.82, 2.24) is 10.3 Å². The summed E-state index contributed by atoms with van der Waals surface area (Å²) in [4.78, 5) is 29.8. The smallest absolute Gasteiger partial charge is 0.408 e. The molecule has 0 spiro atoms. The van der Waals surface area contributed by atoms with Gasteiger partial charge in [-0.25, -0.2) is 23.0 Å². The lowest BCUT2D eigenvalue weighted by molar-refractivity contribution is -0.152. The maximum Gasteiger partial charge on any atom is 0.408 e. The van der Waals surface area contributed by atoms with Crippen molar-refractivity contribution in [3.05, 3.63) is 57.2 Å². The molecule has 0 unspecified atom stereocenters. The normalized spacial score (nSPS) is 13.5. The number of hydrogen-bond donors (Lipinski definition) is 1. The number of nitrogens with one attached hydrogen (secondary N) is 1. The molecule has 1 amide bonds. The van der Waals surface area contributed by atoms with E-state index < -0.39 is 33.2 Å². The molecule has 0 saturated heterocycles. The van der Waals surface area contributed by atoms with Crippen molar-refractivity contribution in [2.45, 2.75) is 51.9 Å². The van der Waals surface area contributed by atoms with E-state index in [1.807, 2.05) is 24.3 Å². The standard InChI is InChI=1S/C23H29BrClN3O6S/c1-22(2,3)34-21(30)27-23(4,13-15-8-7-9-17(24)10-15)20(29)33-14-16-11-18(25)26-19(12-16)28(5)35(6,31)32/h7-12H,13-14H2,1-6H3,(H,27,30)/t23-/m0/s1. The summed E-state index contributed by atoms with van der Waals surface area (Å²) in [5, 5.41) is 2.67. The molecule has 2 aromatic rings. The van der Waals surface area contributed by atoms with E-state index in [0.29, 0.717) is 5.56 Å². The molecule has 0 aliphatic heterocycles. The van der Waals surface area contributed by atoms with Crippen LogP contribution in [-0.4, -0.2) is 49.9 Å². The van der Waals surface area contributed by atoms with Crippen LogP contribution in [0.5, 0.6) is 0 Å². The molecule has 0 aliphatic rings.